The first kappa shape index (κ1) is 19.7. The number of amides is 1. The molecular formula is C19H28N2O3S. The smallest absolute Gasteiger partial charge is 0.234 e. The zero-order chi connectivity index (χ0) is 18.4. The molecule has 0 unspecified atom stereocenters. The Labute approximate surface area is 151 Å². The molecule has 0 aliphatic carbocycles. The quantitative estimate of drug-likeness (QED) is 0.842. The second-order valence-corrected chi connectivity index (χ2v) is 8.97. The first-order valence-electron chi connectivity index (χ1n) is 8.71. The van der Waals surface area contributed by atoms with Crippen LogP contribution in [0, 0.1) is 5.92 Å². The van der Waals surface area contributed by atoms with Crippen LogP contribution in [0.4, 0.5) is 0 Å². The fourth-order valence-corrected chi connectivity index (χ4v) is 3.72. The maximum atomic E-state index is 12.4. The van der Waals surface area contributed by atoms with E-state index >= 15 is 0 Å². The third-order valence-corrected chi connectivity index (χ3v) is 5.16. The molecule has 1 heterocycles. The van der Waals surface area contributed by atoms with E-state index in [4.69, 9.17) is 0 Å². The van der Waals surface area contributed by atoms with E-state index in [1.807, 2.05) is 18.2 Å². The topological polar surface area (TPSA) is 66.5 Å². The minimum absolute atomic E-state index is 0.0823. The molecule has 1 aliphatic heterocycles. The molecule has 2 rings (SSSR count). The van der Waals surface area contributed by atoms with Gasteiger partial charge in [0.05, 0.1) is 6.54 Å². The van der Waals surface area contributed by atoms with Crippen LogP contribution in [0.25, 0.3) is 0 Å². The van der Waals surface area contributed by atoms with Crippen LogP contribution >= 0.6 is 0 Å². The van der Waals surface area contributed by atoms with Crippen molar-refractivity contribution in [3.63, 3.8) is 0 Å². The predicted molar refractivity (Wildman–Crippen MR) is 101 cm³/mol. The van der Waals surface area contributed by atoms with Crippen LogP contribution in [0.3, 0.4) is 0 Å². The summed E-state index contributed by atoms with van der Waals surface area (Å²) in [5.74, 6) is 0.558. The van der Waals surface area contributed by atoms with E-state index < -0.39 is 9.84 Å². The number of rotatable bonds is 6. The number of sulfone groups is 1. The molecule has 1 amide bonds. The fraction of sp³-hybridized carbons (Fsp3) is 0.526. The molecule has 3 atom stereocenters. The van der Waals surface area contributed by atoms with Gasteiger partial charge < -0.3 is 5.32 Å². The molecule has 1 aliphatic rings. The summed E-state index contributed by atoms with van der Waals surface area (Å²) < 4.78 is 22.3. The molecule has 138 valence electrons. The summed E-state index contributed by atoms with van der Waals surface area (Å²) in [4.78, 5) is 14.6. The highest BCUT2D eigenvalue weighted by molar-refractivity contribution is 7.93. The summed E-state index contributed by atoms with van der Waals surface area (Å²) in [7, 11) is -3.18. The van der Waals surface area contributed by atoms with E-state index in [1.54, 1.807) is 6.92 Å². The van der Waals surface area contributed by atoms with Gasteiger partial charge in [0, 0.05) is 23.7 Å². The van der Waals surface area contributed by atoms with Crippen molar-refractivity contribution in [1.29, 1.82) is 0 Å². The second kappa shape index (κ2) is 8.63. The van der Waals surface area contributed by atoms with Crippen molar-refractivity contribution >= 4 is 15.7 Å². The van der Waals surface area contributed by atoms with Crippen LogP contribution in [-0.4, -0.2) is 44.6 Å². The lowest BCUT2D eigenvalue weighted by Crippen LogP contribution is -2.44. The summed E-state index contributed by atoms with van der Waals surface area (Å²) >= 11 is 0. The molecule has 1 aromatic rings. The Bertz CT molecular complexity index is 701. The number of piperidine rings is 1. The zero-order valence-electron chi connectivity index (χ0n) is 15.2. The molecule has 0 bridgehead atoms. The SMILES string of the molecule is C[C@H]1CCN(CC(=O)N[C@@H](C)/C=C\S(C)(=O)=O)[C@@H](c2ccccc2)C1. The van der Waals surface area contributed by atoms with Crippen molar-refractivity contribution in [3.05, 3.63) is 47.4 Å². The van der Waals surface area contributed by atoms with E-state index in [0.717, 1.165) is 31.1 Å². The number of nitrogens with zero attached hydrogens (tertiary/aromatic N) is 1. The van der Waals surface area contributed by atoms with Crippen LogP contribution in [0.2, 0.25) is 0 Å². The maximum Gasteiger partial charge on any atom is 0.234 e. The highest BCUT2D eigenvalue weighted by Crippen LogP contribution is 2.33. The van der Waals surface area contributed by atoms with E-state index in [-0.39, 0.29) is 18.0 Å². The third kappa shape index (κ3) is 6.63. The standard InChI is InChI=1S/C19H28N2O3S/c1-15-9-11-21(18(13-15)17-7-5-4-6-8-17)14-19(22)20-16(2)10-12-25(3,23)24/h4-8,10,12,15-16,18H,9,11,13-14H2,1-3H3,(H,20,22)/b12-10-/t15-,16-,18+/m0/s1. The van der Waals surface area contributed by atoms with Crippen molar-refractivity contribution in [2.24, 2.45) is 5.92 Å². The summed E-state index contributed by atoms with van der Waals surface area (Å²) in [5, 5.41) is 3.98. The van der Waals surface area contributed by atoms with Gasteiger partial charge in [0.15, 0.2) is 9.84 Å². The van der Waals surface area contributed by atoms with Crippen molar-refractivity contribution in [1.82, 2.24) is 10.2 Å². The van der Waals surface area contributed by atoms with Crippen LogP contribution in [-0.2, 0) is 14.6 Å². The number of benzene rings is 1. The number of carbonyl (C=O) groups is 1. The summed E-state index contributed by atoms with van der Waals surface area (Å²) in [6.45, 7) is 5.24. The van der Waals surface area contributed by atoms with Gasteiger partial charge in [-0.15, -0.1) is 0 Å². The van der Waals surface area contributed by atoms with Crippen LogP contribution in [0.5, 0.6) is 0 Å². The minimum atomic E-state index is -3.18. The first-order chi connectivity index (χ1) is 11.7. The van der Waals surface area contributed by atoms with Gasteiger partial charge >= 0.3 is 0 Å². The molecule has 1 N–H and O–H groups in total. The highest BCUT2D eigenvalue weighted by atomic mass is 32.2. The Hall–Kier alpha value is -1.66. The van der Waals surface area contributed by atoms with Crippen molar-refractivity contribution in [2.75, 3.05) is 19.3 Å². The van der Waals surface area contributed by atoms with Gasteiger partial charge in [-0.05, 0) is 37.8 Å². The molecule has 1 aromatic carbocycles. The van der Waals surface area contributed by atoms with Gasteiger partial charge in [0.25, 0.3) is 0 Å². The molecule has 6 heteroatoms. The molecule has 1 saturated heterocycles. The monoisotopic (exact) mass is 364 g/mol. The van der Waals surface area contributed by atoms with Crippen LogP contribution < -0.4 is 5.32 Å². The molecule has 5 nitrogen and oxygen atoms in total. The molecule has 1 fully saturated rings. The van der Waals surface area contributed by atoms with Gasteiger partial charge in [-0.1, -0.05) is 43.3 Å². The molecule has 25 heavy (non-hydrogen) atoms. The first-order valence-corrected chi connectivity index (χ1v) is 10.7. The highest BCUT2D eigenvalue weighted by Gasteiger charge is 2.28. The Morgan fingerprint density at radius 3 is 2.68 bits per heavy atom. The maximum absolute atomic E-state index is 12.4. The average Bonchev–Trinajstić information content (AvgIpc) is 2.55. The number of hydrogen-bond donors (Lipinski definition) is 1. The number of hydrogen-bond acceptors (Lipinski definition) is 4. The van der Waals surface area contributed by atoms with E-state index in [1.165, 1.54) is 11.6 Å². The number of carbonyl (C=O) groups excluding carboxylic acids is 1. The Morgan fingerprint density at radius 2 is 2.04 bits per heavy atom. The van der Waals surface area contributed by atoms with Crippen molar-refractivity contribution < 1.29 is 13.2 Å². The van der Waals surface area contributed by atoms with E-state index in [0.29, 0.717) is 12.5 Å². The third-order valence-electron chi connectivity index (χ3n) is 4.51. The summed E-state index contributed by atoms with van der Waals surface area (Å²) in [5.41, 5.74) is 1.24. The lowest BCUT2D eigenvalue weighted by molar-refractivity contribution is -0.123. The minimum Gasteiger partial charge on any atom is -0.349 e. The molecule has 0 saturated carbocycles. The van der Waals surface area contributed by atoms with E-state index in [9.17, 15) is 13.2 Å². The zero-order valence-corrected chi connectivity index (χ0v) is 16.0. The lowest BCUT2D eigenvalue weighted by Gasteiger charge is -2.38. The van der Waals surface area contributed by atoms with Gasteiger partial charge in [0.1, 0.15) is 0 Å². The Morgan fingerprint density at radius 1 is 1.36 bits per heavy atom. The van der Waals surface area contributed by atoms with Crippen LogP contribution in [0.1, 0.15) is 38.3 Å². The van der Waals surface area contributed by atoms with Gasteiger partial charge in [-0.25, -0.2) is 8.42 Å². The normalized spacial score (nSPS) is 23.5. The number of likely N-dealkylation sites (tertiary alicyclic amines) is 1. The molecule has 0 spiro atoms. The molecule has 0 aromatic heterocycles. The van der Waals surface area contributed by atoms with E-state index in [2.05, 4.69) is 29.3 Å². The van der Waals surface area contributed by atoms with Gasteiger partial charge in [-0.3, -0.25) is 9.69 Å². The molecular weight excluding hydrogens is 336 g/mol. The fourth-order valence-electron chi connectivity index (χ4n) is 3.19. The Balaban J connectivity index is 1.99. The molecule has 0 radical (unpaired) electrons. The lowest BCUT2D eigenvalue weighted by atomic mass is 9.88. The largest absolute Gasteiger partial charge is 0.349 e. The summed E-state index contributed by atoms with van der Waals surface area (Å²) in [6.07, 6.45) is 4.76. The summed E-state index contributed by atoms with van der Waals surface area (Å²) in [6, 6.07) is 10.2. The van der Waals surface area contributed by atoms with Crippen molar-refractivity contribution in [3.8, 4) is 0 Å². The average molecular weight is 365 g/mol. The Kier molecular flexibility index (Phi) is 6.79. The van der Waals surface area contributed by atoms with Crippen LogP contribution in [0.15, 0.2) is 41.8 Å². The van der Waals surface area contributed by atoms with Crippen molar-refractivity contribution in [2.45, 2.75) is 38.8 Å². The second-order valence-electron chi connectivity index (χ2n) is 7.04. The predicted octanol–water partition coefficient (Wildman–Crippen LogP) is 2.52. The van der Waals surface area contributed by atoms with Gasteiger partial charge in [0.2, 0.25) is 5.91 Å². The van der Waals surface area contributed by atoms with Gasteiger partial charge in [-0.2, -0.15) is 0 Å². The number of nitrogens with one attached hydrogen (secondary N) is 1.